The van der Waals surface area contributed by atoms with Crippen LogP contribution in [-0.2, 0) is 4.79 Å². The maximum Gasteiger partial charge on any atom is 0.241 e. The first-order valence-electron chi connectivity index (χ1n) is 10.9. The van der Waals surface area contributed by atoms with Crippen molar-refractivity contribution in [2.75, 3.05) is 47.3 Å². The van der Waals surface area contributed by atoms with E-state index in [1.807, 2.05) is 31.9 Å². The van der Waals surface area contributed by atoms with Crippen LogP contribution in [0.25, 0.3) is 6.08 Å². The molecule has 0 aliphatic carbocycles. The van der Waals surface area contributed by atoms with Gasteiger partial charge in [-0.1, -0.05) is 13.0 Å². The highest BCUT2D eigenvalue weighted by molar-refractivity contribution is 6.11. The van der Waals surface area contributed by atoms with Gasteiger partial charge in [-0.25, -0.2) is 0 Å². The summed E-state index contributed by atoms with van der Waals surface area (Å²) in [6, 6.07) is 8.28. The number of anilines is 1. The molecule has 1 amide bonds. The fourth-order valence-corrected chi connectivity index (χ4v) is 3.38. The molecule has 34 heavy (non-hydrogen) atoms. The average molecular weight is 471 g/mol. The fourth-order valence-electron chi connectivity index (χ4n) is 3.38. The van der Waals surface area contributed by atoms with Crippen molar-refractivity contribution in [2.45, 2.75) is 26.8 Å². The smallest absolute Gasteiger partial charge is 0.241 e. The van der Waals surface area contributed by atoms with Gasteiger partial charge in [0.25, 0.3) is 0 Å². The highest BCUT2D eigenvalue weighted by Crippen LogP contribution is 2.38. The molecule has 1 unspecified atom stereocenters. The molecule has 8 nitrogen and oxygen atoms in total. The van der Waals surface area contributed by atoms with Crippen LogP contribution in [0.2, 0.25) is 0 Å². The van der Waals surface area contributed by atoms with Crippen molar-refractivity contribution in [1.82, 2.24) is 4.90 Å². The maximum absolute atomic E-state index is 13.1. The van der Waals surface area contributed by atoms with Gasteiger partial charge in [-0.05, 0) is 68.9 Å². The Balaban J connectivity index is 2.37. The van der Waals surface area contributed by atoms with Crippen molar-refractivity contribution in [2.24, 2.45) is 0 Å². The molecule has 1 atom stereocenters. The molecule has 0 radical (unpaired) electrons. The monoisotopic (exact) mass is 470 g/mol. The van der Waals surface area contributed by atoms with Crippen LogP contribution >= 0.6 is 0 Å². The number of ether oxygens (including phenoxy) is 4. The Hall–Kier alpha value is -3.52. The first kappa shape index (κ1) is 26.7. The van der Waals surface area contributed by atoms with Gasteiger partial charge >= 0.3 is 0 Å². The second kappa shape index (κ2) is 12.1. The van der Waals surface area contributed by atoms with Crippen LogP contribution in [-0.4, -0.2) is 64.7 Å². The van der Waals surface area contributed by atoms with Crippen LogP contribution in [0.5, 0.6) is 23.0 Å². The lowest BCUT2D eigenvalue weighted by Crippen LogP contribution is -2.39. The summed E-state index contributed by atoms with van der Waals surface area (Å²) in [7, 11) is 7.94. The molecule has 184 valence electrons. The third kappa shape index (κ3) is 6.08. The maximum atomic E-state index is 13.1. The summed E-state index contributed by atoms with van der Waals surface area (Å²) < 4.78 is 21.4. The number of allylic oxidation sites excluding steroid dienone is 1. The van der Waals surface area contributed by atoms with E-state index in [0.29, 0.717) is 39.8 Å². The lowest BCUT2D eigenvalue weighted by Gasteiger charge is -2.22. The fraction of sp³-hybridized carbons (Fsp3) is 0.385. The van der Waals surface area contributed by atoms with Crippen LogP contribution < -0.4 is 24.3 Å². The number of carbonyl (C=O) groups excluding carboxylic acids is 2. The standard InChI is InChI=1S/C26H34N2O6/c1-9-28(4)17(3)26(30)27-20-13-18(10-11-21(20)31-5)12-16(2)24(29)19-14-22(32-6)25(34-8)23(15-19)33-7/h10-15,17H,9H2,1-8H3,(H,27,30)/b16-12+. The molecule has 0 bridgehead atoms. The highest BCUT2D eigenvalue weighted by Gasteiger charge is 2.20. The molecular formula is C26H34N2O6. The number of ketones is 1. The van der Waals surface area contributed by atoms with Gasteiger partial charge in [-0.2, -0.15) is 0 Å². The normalized spacial score (nSPS) is 12.2. The van der Waals surface area contributed by atoms with E-state index in [2.05, 4.69) is 5.32 Å². The molecule has 0 fully saturated rings. The largest absolute Gasteiger partial charge is 0.495 e. The number of carbonyl (C=O) groups is 2. The number of rotatable bonds is 11. The van der Waals surface area contributed by atoms with Gasteiger partial charge < -0.3 is 24.3 Å². The molecule has 1 N–H and O–H groups in total. The van der Waals surface area contributed by atoms with Gasteiger partial charge in [-0.3, -0.25) is 14.5 Å². The molecule has 2 aromatic carbocycles. The Morgan fingerprint density at radius 3 is 2.06 bits per heavy atom. The van der Waals surface area contributed by atoms with Gasteiger partial charge in [0.1, 0.15) is 5.75 Å². The van der Waals surface area contributed by atoms with Crippen molar-refractivity contribution < 1.29 is 28.5 Å². The van der Waals surface area contributed by atoms with Crippen LogP contribution in [0.15, 0.2) is 35.9 Å². The van der Waals surface area contributed by atoms with E-state index in [0.717, 1.165) is 12.1 Å². The van der Waals surface area contributed by atoms with Gasteiger partial charge in [-0.15, -0.1) is 0 Å². The molecule has 2 aromatic rings. The predicted molar refractivity (Wildman–Crippen MR) is 133 cm³/mol. The topological polar surface area (TPSA) is 86.3 Å². The summed E-state index contributed by atoms with van der Waals surface area (Å²) in [4.78, 5) is 27.8. The number of hydrogen-bond acceptors (Lipinski definition) is 7. The third-order valence-corrected chi connectivity index (χ3v) is 5.69. The van der Waals surface area contributed by atoms with Crippen molar-refractivity contribution in [3.63, 3.8) is 0 Å². The van der Waals surface area contributed by atoms with Crippen molar-refractivity contribution in [3.05, 3.63) is 47.0 Å². The second-order valence-electron chi connectivity index (χ2n) is 7.77. The molecule has 8 heteroatoms. The number of hydrogen-bond donors (Lipinski definition) is 1. The van der Waals surface area contributed by atoms with Crippen LogP contribution in [0.3, 0.4) is 0 Å². The molecule has 0 aliphatic heterocycles. The number of nitrogens with one attached hydrogen (secondary N) is 1. The Labute approximate surface area is 201 Å². The molecular weight excluding hydrogens is 436 g/mol. The average Bonchev–Trinajstić information content (AvgIpc) is 2.86. The summed E-state index contributed by atoms with van der Waals surface area (Å²) >= 11 is 0. The van der Waals surface area contributed by atoms with Gasteiger partial charge in [0, 0.05) is 5.56 Å². The van der Waals surface area contributed by atoms with Crippen LogP contribution in [0, 0.1) is 0 Å². The molecule has 0 aromatic heterocycles. The Morgan fingerprint density at radius 2 is 1.56 bits per heavy atom. The SMILES string of the molecule is CCN(C)C(C)C(=O)Nc1cc(/C=C(\C)C(=O)c2cc(OC)c(OC)c(OC)c2)ccc1OC. The first-order valence-corrected chi connectivity index (χ1v) is 10.9. The highest BCUT2D eigenvalue weighted by atomic mass is 16.5. The van der Waals surface area contributed by atoms with E-state index < -0.39 is 0 Å². The van der Waals surface area contributed by atoms with Crippen molar-refractivity contribution in [1.29, 1.82) is 0 Å². The molecule has 0 saturated carbocycles. The quantitative estimate of drug-likeness (QED) is 0.387. The first-order chi connectivity index (χ1) is 16.2. The number of likely N-dealkylation sites (N-methyl/N-ethyl adjacent to an activating group) is 1. The minimum absolute atomic E-state index is 0.144. The number of benzene rings is 2. The zero-order valence-electron chi connectivity index (χ0n) is 21.1. The molecule has 0 saturated heterocycles. The molecule has 0 aliphatic rings. The van der Waals surface area contributed by atoms with Gasteiger partial charge in [0.2, 0.25) is 11.7 Å². The summed E-state index contributed by atoms with van der Waals surface area (Å²) in [5.41, 5.74) is 2.18. The summed E-state index contributed by atoms with van der Waals surface area (Å²) in [5, 5.41) is 2.93. The van der Waals surface area contributed by atoms with Crippen molar-refractivity contribution >= 4 is 23.5 Å². The van der Waals surface area contributed by atoms with Gasteiger partial charge in [0.05, 0.1) is 40.2 Å². The lowest BCUT2D eigenvalue weighted by atomic mass is 10.0. The Bertz CT molecular complexity index is 1040. The third-order valence-electron chi connectivity index (χ3n) is 5.69. The summed E-state index contributed by atoms with van der Waals surface area (Å²) in [6.07, 6.45) is 1.75. The lowest BCUT2D eigenvalue weighted by molar-refractivity contribution is -0.120. The minimum Gasteiger partial charge on any atom is -0.495 e. The summed E-state index contributed by atoms with van der Waals surface area (Å²) in [5.74, 6) is 1.41. The molecule has 0 spiro atoms. The van der Waals surface area contributed by atoms with E-state index in [4.69, 9.17) is 18.9 Å². The van der Waals surface area contributed by atoms with Crippen molar-refractivity contribution in [3.8, 4) is 23.0 Å². The van der Waals surface area contributed by atoms with E-state index >= 15 is 0 Å². The minimum atomic E-state index is -0.308. The number of amides is 1. The Kier molecular flexibility index (Phi) is 9.50. The van der Waals surface area contributed by atoms with E-state index in [-0.39, 0.29) is 17.7 Å². The zero-order valence-corrected chi connectivity index (χ0v) is 21.1. The van der Waals surface area contributed by atoms with E-state index in [1.165, 1.54) is 21.3 Å². The molecule has 0 heterocycles. The number of Topliss-reactive ketones (excluding diaryl/α,β-unsaturated/α-hetero) is 1. The number of nitrogens with zero attached hydrogens (tertiary/aromatic N) is 1. The second-order valence-corrected chi connectivity index (χ2v) is 7.77. The Morgan fingerprint density at radius 1 is 0.971 bits per heavy atom. The predicted octanol–water partition coefficient (Wildman–Crippen LogP) is 4.29. The number of methoxy groups -OCH3 is 4. The summed E-state index contributed by atoms with van der Waals surface area (Å²) in [6.45, 7) is 6.31. The molecule has 2 rings (SSSR count). The van der Waals surface area contributed by atoms with Crippen LogP contribution in [0.4, 0.5) is 5.69 Å². The van der Waals surface area contributed by atoms with E-state index in [9.17, 15) is 9.59 Å². The van der Waals surface area contributed by atoms with Gasteiger partial charge in [0.15, 0.2) is 17.3 Å². The van der Waals surface area contributed by atoms with E-state index in [1.54, 1.807) is 44.4 Å². The zero-order chi connectivity index (χ0) is 25.4. The van der Waals surface area contributed by atoms with Crippen LogP contribution in [0.1, 0.15) is 36.7 Å².